The van der Waals surface area contributed by atoms with Gasteiger partial charge in [-0.2, -0.15) is 0 Å². The molecule has 5 N–H and O–H groups in total. The van der Waals surface area contributed by atoms with Crippen LogP contribution in [0.25, 0.3) is 0 Å². The molecule has 0 aromatic rings. The van der Waals surface area contributed by atoms with Gasteiger partial charge in [0.1, 0.15) is 0 Å². The zero-order chi connectivity index (χ0) is 7.49. The summed E-state index contributed by atoms with van der Waals surface area (Å²) < 4.78 is 0. The molecule has 0 rings (SSSR count). The number of nitrogens with one attached hydrogen (secondary N) is 1. The highest BCUT2D eigenvalue weighted by Gasteiger charge is 2.28. The lowest BCUT2D eigenvalue weighted by molar-refractivity contribution is -0.359. The second kappa shape index (κ2) is 3.09. The van der Waals surface area contributed by atoms with Crippen molar-refractivity contribution in [1.82, 2.24) is 5.32 Å². The van der Waals surface area contributed by atoms with Crippen molar-refractivity contribution < 1.29 is 20.4 Å². The molecule has 0 spiro atoms. The van der Waals surface area contributed by atoms with Gasteiger partial charge in [0, 0.05) is 0 Å². The molecule has 0 aromatic heterocycles. The monoisotopic (exact) mass is 137 g/mol. The first-order chi connectivity index (χ1) is 3.98. The van der Waals surface area contributed by atoms with E-state index in [1.807, 2.05) is 0 Å². The molecule has 0 fully saturated rings. The molecule has 0 bridgehead atoms. The van der Waals surface area contributed by atoms with Gasteiger partial charge >= 0.3 is 5.97 Å². The molecule has 0 aliphatic rings. The average molecular weight is 137 g/mol. The SMILES string of the molecule is CCNC(O)C(O)(O)O. The van der Waals surface area contributed by atoms with E-state index in [-0.39, 0.29) is 0 Å². The number of aliphatic hydroxyl groups is 4. The smallest absolute Gasteiger partial charge is 0.317 e. The third-order valence-electron chi connectivity index (χ3n) is 0.764. The van der Waals surface area contributed by atoms with Crippen molar-refractivity contribution in [2.75, 3.05) is 6.54 Å². The third kappa shape index (κ3) is 3.39. The van der Waals surface area contributed by atoms with Gasteiger partial charge in [-0.1, -0.05) is 6.92 Å². The fraction of sp³-hybridized carbons (Fsp3) is 1.00. The highest BCUT2D eigenvalue weighted by Crippen LogP contribution is 1.96. The highest BCUT2D eigenvalue weighted by molar-refractivity contribution is 4.57. The van der Waals surface area contributed by atoms with Crippen LogP contribution in [-0.2, 0) is 0 Å². The van der Waals surface area contributed by atoms with Crippen molar-refractivity contribution in [2.24, 2.45) is 0 Å². The molecule has 56 valence electrons. The van der Waals surface area contributed by atoms with Gasteiger partial charge in [-0.3, -0.25) is 5.32 Å². The van der Waals surface area contributed by atoms with Crippen LogP contribution >= 0.6 is 0 Å². The summed E-state index contributed by atoms with van der Waals surface area (Å²) in [5.74, 6) is -3.05. The number of hydrogen-bond donors (Lipinski definition) is 5. The van der Waals surface area contributed by atoms with Crippen molar-refractivity contribution in [3.63, 3.8) is 0 Å². The summed E-state index contributed by atoms with van der Waals surface area (Å²) in [7, 11) is 0. The summed E-state index contributed by atoms with van der Waals surface area (Å²) >= 11 is 0. The molecule has 1 atom stereocenters. The van der Waals surface area contributed by atoms with Gasteiger partial charge in [-0.25, -0.2) is 0 Å². The predicted octanol–water partition coefficient (Wildman–Crippen LogP) is -2.46. The van der Waals surface area contributed by atoms with Gasteiger partial charge in [-0.05, 0) is 6.54 Å². The molecule has 0 saturated carbocycles. The first-order valence-corrected chi connectivity index (χ1v) is 2.57. The molecule has 0 aliphatic heterocycles. The Bertz CT molecular complexity index is 79.1. The number of likely N-dealkylation sites (N-methyl/N-ethyl adjacent to an activating group) is 1. The lowest BCUT2D eigenvalue weighted by atomic mass is 10.4. The molecule has 0 amide bonds. The average Bonchev–Trinajstić information content (AvgIpc) is 1.64. The molecule has 0 heterocycles. The number of hydrogen-bond acceptors (Lipinski definition) is 5. The molecule has 0 aromatic carbocycles. The Morgan fingerprint density at radius 3 is 2.00 bits per heavy atom. The van der Waals surface area contributed by atoms with Crippen LogP contribution in [0.4, 0.5) is 0 Å². The minimum absolute atomic E-state index is 0.338. The topological polar surface area (TPSA) is 93.0 Å². The standard InChI is InChI=1S/C4H11NO4/c1-2-5-3(6)4(7,8)9/h3,5-9H,2H2,1H3. The van der Waals surface area contributed by atoms with E-state index >= 15 is 0 Å². The Morgan fingerprint density at radius 2 is 1.89 bits per heavy atom. The zero-order valence-electron chi connectivity index (χ0n) is 5.07. The molecular formula is C4H11NO4. The molecule has 9 heavy (non-hydrogen) atoms. The van der Waals surface area contributed by atoms with Gasteiger partial charge in [0.15, 0.2) is 6.23 Å². The first kappa shape index (κ1) is 8.80. The highest BCUT2D eigenvalue weighted by atomic mass is 16.7. The van der Waals surface area contributed by atoms with Gasteiger partial charge in [0.2, 0.25) is 0 Å². The summed E-state index contributed by atoms with van der Waals surface area (Å²) in [4.78, 5) is 0. The first-order valence-electron chi connectivity index (χ1n) is 2.57. The van der Waals surface area contributed by atoms with E-state index in [4.69, 9.17) is 20.4 Å². The van der Waals surface area contributed by atoms with E-state index in [0.29, 0.717) is 6.54 Å². The Kier molecular flexibility index (Phi) is 3.02. The quantitative estimate of drug-likeness (QED) is 0.278. The second-order valence-electron chi connectivity index (χ2n) is 1.65. The van der Waals surface area contributed by atoms with Crippen molar-refractivity contribution in [3.8, 4) is 0 Å². The predicted molar refractivity (Wildman–Crippen MR) is 29.1 cm³/mol. The fourth-order valence-electron chi connectivity index (χ4n) is 0.330. The van der Waals surface area contributed by atoms with Crippen LogP contribution in [0.2, 0.25) is 0 Å². The van der Waals surface area contributed by atoms with E-state index in [1.54, 1.807) is 6.92 Å². The van der Waals surface area contributed by atoms with Crippen LogP contribution in [0.15, 0.2) is 0 Å². The largest absolute Gasteiger partial charge is 0.371 e. The zero-order valence-corrected chi connectivity index (χ0v) is 5.07. The van der Waals surface area contributed by atoms with Gasteiger partial charge in [0.25, 0.3) is 0 Å². The third-order valence-corrected chi connectivity index (χ3v) is 0.764. The van der Waals surface area contributed by atoms with E-state index in [1.165, 1.54) is 0 Å². The van der Waals surface area contributed by atoms with Gasteiger partial charge < -0.3 is 20.4 Å². The fourth-order valence-corrected chi connectivity index (χ4v) is 0.330. The van der Waals surface area contributed by atoms with E-state index in [2.05, 4.69) is 5.32 Å². The Balaban J connectivity index is 3.59. The lowest BCUT2D eigenvalue weighted by Crippen LogP contribution is -2.50. The molecule has 5 nitrogen and oxygen atoms in total. The van der Waals surface area contributed by atoms with Gasteiger partial charge in [0.05, 0.1) is 0 Å². The molecule has 0 saturated heterocycles. The number of rotatable bonds is 3. The van der Waals surface area contributed by atoms with E-state index in [0.717, 1.165) is 0 Å². The van der Waals surface area contributed by atoms with Crippen molar-refractivity contribution in [1.29, 1.82) is 0 Å². The second-order valence-corrected chi connectivity index (χ2v) is 1.65. The maximum Gasteiger partial charge on any atom is 0.317 e. The summed E-state index contributed by atoms with van der Waals surface area (Å²) in [6.07, 6.45) is -1.72. The maximum absolute atomic E-state index is 8.52. The van der Waals surface area contributed by atoms with Crippen LogP contribution in [0.3, 0.4) is 0 Å². The summed E-state index contributed by atoms with van der Waals surface area (Å²) in [5, 5.41) is 35.4. The van der Waals surface area contributed by atoms with Crippen molar-refractivity contribution in [2.45, 2.75) is 19.1 Å². The van der Waals surface area contributed by atoms with Crippen LogP contribution in [0.5, 0.6) is 0 Å². The Morgan fingerprint density at radius 1 is 1.44 bits per heavy atom. The summed E-state index contributed by atoms with van der Waals surface area (Å²) in [6.45, 7) is 1.99. The van der Waals surface area contributed by atoms with E-state index in [9.17, 15) is 0 Å². The van der Waals surface area contributed by atoms with Crippen LogP contribution in [0.1, 0.15) is 6.92 Å². The van der Waals surface area contributed by atoms with E-state index < -0.39 is 12.2 Å². The Labute approximate surface area is 52.6 Å². The summed E-state index contributed by atoms with van der Waals surface area (Å²) in [6, 6.07) is 0. The Hall–Kier alpha value is -0.200. The van der Waals surface area contributed by atoms with Crippen molar-refractivity contribution >= 4 is 0 Å². The minimum Gasteiger partial charge on any atom is -0.371 e. The molecule has 5 heteroatoms. The molecule has 0 radical (unpaired) electrons. The maximum atomic E-state index is 8.52. The van der Waals surface area contributed by atoms with Gasteiger partial charge in [-0.15, -0.1) is 0 Å². The number of aliphatic hydroxyl groups excluding tert-OH is 1. The lowest BCUT2D eigenvalue weighted by Gasteiger charge is -2.20. The molecule has 0 aliphatic carbocycles. The molecular weight excluding hydrogens is 126 g/mol. The molecule has 1 unspecified atom stereocenters. The normalized spacial score (nSPS) is 15.7. The van der Waals surface area contributed by atoms with Crippen LogP contribution in [-0.4, -0.2) is 39.2 Å². The van der Waals surface area contributed by atoms with Crippen molar-refractivity contribution in [3.05, 3.63) is 0 Å². The summed E-state index contributed by atoms with van der Waals surface area (Å²) in [5.41, 5.74) is 0. The van der Waals surface area contributed by atoms with Crippen LogP contribution in [0, 0.1) is 0 Å². The van der Waals surface area contributed by atoms with Crippen LogP contribution < -0.4 is 5.32 Å². The minimum atomic E-state index is -3.05.